The van der Waals surface area contributed by atoms with Crippen LogP contribution in [0.2, 0.25) is 0 Å². The smallest absolute Gasteiger partial charge is 0.0487 e. The van der Waals surface area contributed by atoms with E-state index in [1.807, 2.05) is 0 Å². The van der Waals surface area contributed by atoms with E-state index >= 15 is 0 Å². The number of rotatable bonds is 5. The largest absolute Gasteiger partial charge is 0.271 e. The first kappa shape index (κ1) is 12.7. The molecule has 0 spiro atoms. The highest BCUT2D eigenvalue weighted by Gasteiger charge is 2.18. The van der Waals surface area contributed by atoms with Gasteiger partial charge in [-0.15, -0.1) is 0 Å². The van der Waals surface area contributed by atoms with E-state index < -0.39 is 0 Å². The van der Waals surface area contributed by atoms with Gasteiger partial charge in [-0.05, 0) is 23.6 Å². The number of nitrogens with one attached hydrogen (secondary N) is 1. The SMILES string of the molecule is CCC(CC)C(NN)c1ccc(Br)cc1. The van der Waals surface area contributed by atoms with E-state index in [-0.39, 0.29) is 6.04 Å². The summed E-state index contributed by atoms with van der Waals surface area (Å²) in [4.78, 5) is 0. The van der Waals surface area contributed by atoms with Gasteiger partial charge in [-0.3, -0.25) is 11.3 Å². The lowest BCUT2D eigenvalue weighted by Gasteiger charge is -2.24. The van der Waals surface area contributed by atoms with Gasteiger partial charge in [0.2, 0.25) is 0 Å². The second kappa shape index (κ2) is 6.26. The molecule has 0 radical (unpaired) electrons. The Morgan fingerprint density at radius 3 is 2.13 bits per heavy atom. The molecule has 0 aliphatic rings. The summed E-state index contributed by atoms with van der Waals surface area (Å²) in [6.07, 6.45) is 2.28. The molecule has 2 nitrogen and oxygen atoms in total. The van der Waals surface area contributed by atoms with Crippen molar-refractivity contribution in [3.8, 4) is 0 Å². The van der Waals surface area contributed by atoms with Gasteiger partial charge in [0.1, 0.15) is 0 Å². The Morgan fingerprint density at radius 2 is 1.73 bits per heavy atom. The van der Waals surface area contributed by atoms with Crippen LogP contribution in [-0.4, -0.2) is 0 Å². The maximum atomic E-state index is 5.63. The summed E-state index contributed by atoms with van der Waals surface area (Å²) < 4.78 is 1.10. The first-order valence-corrected chi connectivity index (χ1v) is 6.23. The molecule has 1 rings (SSSR count). The van der Waals surface area contributed by atoms with Crippen LogP contribution in [0, 0.1) is 5.92 Å². The lowest BCUT2D eigenvalue weighted by atomic mass is 9.89. The van der Waals surface area contributed by atoms with Gasteiger partial charge in [0.25, 0.3) is 0 Å². The molecule has 3 N–H and O–H groups in total. The van der Waals surface area contributed by atoms with E-state index in [2.05, 4.69) is 59.5 Å². The van der Waals surface area contributed by atoms with Crippen molar-refractivity contribution in [2.24, 2.45) is 11.8 Å². The molecule has 0 aromatic heterocycles. The minimum absolute atomic E-state index is 0.257. The summed E-state index contributed by atoms with van der Waals surface area (Å²) >= 11 is 3.44. The molecule has 3 heteroatoms. The van der Waals surface area contributed by atoms with E-state index in [1.165, 1.54) is 5.56 Å². The summed E-state index contributed by atoms with van der Waals surface area (Å²) in [5.41, 5.74) is 4.18. The molecule has 1 aromatic carbocycles. The summed E-state index contributed by atoms with van der Waals surface area (Å²) in [5, 5.41) is 0. The van der Waals surface area contributed by atoms with E-state index in [0.717, 1.165) is 17.3 Å². The van der Waals surface area contributed by atoms with Crippen molar-refractivity contribution in [3.05, 3.63) is 34.3 Å². The number of hydrogen-bond acceptors (Lipinski definition) is 2. The van der Waals surface area contributed by atoms with Crippen LogP contribution < -0.4 is 11.3 Å². The third-order valence-electron chi connectivity index (χ3n) is 2.93. The summed E-state index contributed by atoms with van der Waals surface area (Å²) in [6.45, 7) is 4.41. The number of hydrogen-bond donors (Lipinski definition) is 2. The van der Waals surface area contributed by atoms with Crippen LogP contribution in [0.15, 0.2) is 28.7 Å². The molecule has 0 fully saturated rings. The Morgan fingerprint density at radius 1 is 1.20 bits per heavy atom. The fraction of sp³-hybridized carbons (Fsp3) is 0.500. The molecule has 0 bridgehead atoms. The average Bonchev–Trinajstić information content (AvgIpc) is 2.27. The second-order valence-corrected chi connectivity index (χ2v) is 4.69. The van der Waals surface area contributed by atoms with Crippen molar-refractivity contribution in [2.45, 2.75) is 32.7 Å². The van der Waals surface area contributed by atoms with E-state index in [4.69, 9.17) is 5.84 Å². The van der Waals surface area contributed by atoms with Gasteiger partial charge >= 0.3 is 0 Å². The van der Waals surface area contributed by atoms with Crippen LogP contribution in [0.3, 0.4) is 0 Å². The predicted molar refractivity (Wildman–Crippen MR) is 68.3 cm³/mol. The first-order chi connectivity index (χ1) is 7.22. The molecule has 84 valence electrons. The van der Waals surface area contributed by atoms with Crippen molar-refractivity contribution >= 4 is 15.9 Å². The molecule has 0 heterocycles. The van der Waals surface area contributed by atoms with Gasteiger partial charge in [0.05, 0.1) is 0 Å². The zero-order chi connectivity index (χ0) is 11.3. The highest BCUT2D eigenvalue weighted by Crippen LogP contribution is 2.27. The van der Waals surface area contributed by atoms with Crippen LogP contribution >= 0.6 is 15.9 Å². The molecule has 1 aromatic rings. The Hall–Kier alpha value is -0.380. The minimum atomic E-state index is 0.257. The van der Waals surface area contributed by atoms with Crippen molar-refractivity contribution in [3.63, 3.8) is 0 Å². The van der Waals surface area contributed by atoms with Crippen molar-refractivity contribution in [2.75, 3.05) is 0 Å². The van der Waals surface area contributed by atoms with Gasteiger partial charge in [-0.2, -0.15) is 0 Å². The third kappa shape index (κ3) is 3.30. The van der Waals surface area contributed by atoms with Crippen LogP contribution in [-0.2, 0) is 0 Å². The van der Waals surface area contributed by atoms with Crippen LogP contribution in [0.1, 0.15) is 38.3 Å². The van der Waals surface area contributed by atoms with Crippen LogP contribution in [0.5, 0.6) is 0 Å². The zero-order valence-corrected chi connectivity index (χ0v) is 10.9. The Kier molecular flexibility index (Phi) is 5.29. The maximum absolute atomic E-state index is 5.63. The summed E-state index contributed by atoms with van der Waals surface area (Å²) in [6, 6.07) is 8.61. The molecule has 0 aliphatic carbocycles. The Bertz CT molecular complexity index is 280. The number of halogens is 1. The van der Waals surface area contributed by atoms with Crippen molar-refractivity contribution < 1.29 is 0 Å². The van der Waals surface area contributed by atoms with E-state index in [9.17, 15) is 0 Å². The predicted octanol–water partition coefficient (Wildman–Crippen LogP) is 3.39. The number of nitrogens with two attached hydrogens (primary N) is 1. The molecule has 0 amide bonds. The molecule has 0 saturated heterocycles. The number of hydrazine groups is 1. The van der Waals surface area contributed by atoms with Gasteiger partial charge in [-0.1, -0.05) is 54.8 Å². The second-order valence-electron chi connectivity index (χ2n) is 3.77. The Labute approximate surface area is 100 Å². The van der Waals surface area contributed by atoms with Gasteiger partial charge in [0.15, 0.2) is 0 Å². The van der Waals surface area contributed by atoms with Gasteiger partial charge < -0.3 is 0 Å². The highest BCUT2D eigenvalue weighted by molar-refractivity contribution is 9.10. The standard InChI is InChI=1S/C12H19BrN2/c1-3-9(4-2)12(15-14)10-5-7-11(13)8-6-10/h5-9,12,15H,3-4,14H2,1-2H3. The van der Waals surface area contributed by atoms with Crippen LogP contribution in [0.25, 0.3) is 0 Å². The average molecular weight is 271 g/mol. The molecule has 1 atom stereocenters. The third-order valence-corrected chi connectivity index (χ3v) is 3.46. The molecule has 0 saturated carbocycles. The summed E-state index contributed by atoms with van der Waals surface area (Å²) in [5.74, 6) is 6.23. The maximum Gasteiger partial charge on any atom is 0.0487 e. The molecule has 15 heavy (non-hydrogen) atoms. The topological polar surface area (TPSA) is 38.0 Å². The monoisotopic (exact) mass is 270 g/mol. The lowest BCUT2D eigenvalue weighted by Crippen LogP contribution is -2.33. The minimum Gasteiger partial charge on any atom is -0.271 e. The fourth-order valence-corrected chi connectivity index (χ4v) is 2.20. The van der Waals surface area contributed by atoms with E-state index in [1.54, 1.807) is 0 Å². The highest BCUT2D eigenvalue weighted by atomic mass is 79.9. The van der Waals surface area contributed by atoms with E-state index in [0.29, 0.717) is 5.92 Å². The molecular formula is C12H19BrN2. The van der Waals surface area contributed by atoms with Gasteiger partial charge in [0, 0.05) is 10.5 Å². The molecule has 0 aliphatic heterocycles. The lowest BCUT2D eigenvalue weighted by molar-refractivity contribution is 0.345. The number of benzene rings is 1. The molecule has 1 unspecified atom stereocenters. The quantitative estimate of drug-likeness (QED) is 0.636. The normalized spacial score (nSPS) is 13.1. The molecular weight excluding hydrogens is 252 g/mol. The van der Waals surface area contributed by atoms with Crippen LogP contribution in [0.4, 0.5) is 0 Å². The fourth-order valence-electron chi connectivity index (χ4n) is 1.93. The van der Waals surface area contributed by atoms with Crippen molar-refractivity contribution in [1.29, 1.82) is 0 Å². The van der Waals surface area contributed by atoms with Crippen molar-refractivity contribution in [1.82, 2.24) is 5.43 Å². The van der Waals surface area contributed by atoms with Gasteiger partial charge in [-0.25, -0.2) is 0 Å². The zero-order valence-electron chi connectivity index (χ0n) is 9.33. The summed E-state index contributed by atoms with van der Waals surface area (Å²) in [7, 11) is 0. The Balaban J connectivity index is 2.86. The first-order valence-electron chi connectivity index (χ1n) is 5.44.